The maximum Gasteiger partial charge on any atom is 0.237 e. The van der Waals surface area contributed by atoms with Crippen LogP contribution >= 0.6 is 22.7 Å². The van der Waals surface area contributed by atoms with Crippen molar-refractivity contribution in [2.45, 2.75) is 13.3 Å². The predicted octanol–water partition coefficient (Wildman–Crippen LogP) is 5.42. The number of thiophene rings is 1. The van der Waals surface area contributed by atoms with Crippen LogP contribution in [0.2, 0.25) is 0 Å². The molecule has 3 heterocycles. The minimum atomic E-state index is -0.134. The van der Waals surface area contributed by atoms with E-state index in [-0.39, 0.29) is 18.2 Å². The van der Waals surface area contributed by atoms with Gasteiger partial charge in [-0.25, -0.2) is 9.97 Å². The van der Waals surface area contributed by atoms with Gasteiger partial charge in [0.2, 0.25) is 11.8 Å². The molecular weight excluding hydrogens is 416 g/mol. The molecule has 148 valence electrons. The van der Waals surface area contributed by atoms with Crippen molar-refractivity contribution in [3.63, 3.8) is 0 Å². The average Bonchev–Trinajstić information content (AvgIpc) is 3.42. The maximum absolute atomic E-state index is 12.5. The zero-order valence-corrected chi connectivity index (χ0v) is 17.6. The van der Waals surface area contributed by atoms with Crippen LogP contribution in [-0.2, 0) is 11.2 Å². The van der Waals surface area contributed by atoms with Gasteiger partial charge in [-0.1, -0.05) is 0 Å². The number of aryl methyl sites for hydroxylation is 1. The molecular formula is C22H16N4O2S2. The van der Waals surface area contributed by atoms with E-state index in [2.05, 4.69) is 21.4 Å². The van der Waals surface area contributed by atoms with Gasteiger partial charge in [0, 0.05) is 28.2 Å². The molecule has 0 saturated heterocycles. The van der Waals surface area contributed by atoms with Crippen LogP contribution in [0.3, 0.4) is 0 Å². The van der Waals surface area contributed by atoms with Gasteiger partial charge in [-0.3, -0.25) is 4.79 Å². The third kappa shape index (κ3) is 4.54. The number of nitrogens with one attached hydrogen (secondary N) is 1. The molecule has 4 aromatic rings. The molecule has 0 aliphatic carbocycles. The lowest BCUT2D eigenvalue weighted by Crippen LogP contribution is -2.15. The quantitative estimate of drug-likeness (QED) is 0.439. The first kappa shape index (κ1) is 19.8. The van der Waals surface area contributed by atoms with Crippen LogP contribution in [0.15, 0.2) is 58.7 Å². The smallest absolute Gasteiger partial charge is 0.237 e. The predicted molar refractivity (Wildman–Crippen MR) is 118 cm³/mol. The van der Waals surface area contributed by atoms with Gasteiger partial charge in [-0.15, -0.1) is 11.3 Å². The van der Waals surface area contributed by atoms with Crippen LogP contribution in [0, 0.1) is 18.3 Å². The van der Waals surface area contributed by atoms with Gasteiger partial charge in [0.1, 0.15) is 22.4 Å². The third-order valence-electron chi connectivity index (χ3n) is 4.24. The van der Waals surface area contributed by atoms with Gasteiger partial charge in [-0.2, -0.15) is 16.6 Å². The molecule has 1 aromatic carbocycles. The lowest BCUT2D eigenvalue weighted by molar-refractivity contribution is -0.115. The second-order valence-electron chi connectivity index (χ2n) is 6.43. The Morgan fingerprint density at radius 2 is 2.17 bits per heavy atom. The van der Waals surface area contributed by atoms with Gasteiger partial charge < -0.3 is 10.1 Å². The fourth-order valence-corrected chi connectivity index (χ4v) is 4.31. The monoisotopic (exact) mass is 432 g/mol. The fourth-order valence-electron chi connectivity index (χ4n) is 2.77. The summed E-state index contributed by atoms with van der Waals surface area (Å²) < 4.78 is 5.72. The maximum atomic E-state index is 12.5. The van der Waals surface area contributed by atoms with Crippen LogP contribution < -0.4 is 10.1 Å². The first-order valence-electron chi connectivity index (χ1n) is 9.03. The summed E-state index contributed by atoms with van der Waals surface area (Å²) in [5.74, 6) is 0.659. The first-order valence-corrected chi connectivity index (χ1v) is 10.8. The van der Waals surface area contributed by atoms with Crippen LogP contribution in [0.1, 0.15) is 16.8 Å². The SMILES string of the molecule is Cc1cc(Oc2ncccc2C#N)ccc1NC(=O)Cc1csc(-c2ccsc2)n1. The molecule has 0 spiro atoms. The van der Waals surface area contributed by atoms with Crippen molar-refractivity contribution in [2.24, 2.45) is 0 Å². The molecule has 0 unspecified atom stereocenters. The van der Waals surface area contributed by atoms with Crippen molar-refractivity contribution in [2.75, 3.05) is 5.32 Å². The summed E-state index contributed by atoms with van der Waals surface area (Å²) in [5.41, 5.74) is 3.72. The van der Waals surface area contributed by atoms with Gasteiger partial charge in [-0.05, 0) is 54.3 Å². The normalized spacial score (nSPS) is 10.4. The summed E-state index contributed by atoms with van der Waals surface area (Å²) in [6.07, 6.45) is 1.78. The number of pyridine rings is 1. The molecule has 0 aliphatic heterocycles. The number of anilines is 1. The minimum Gasteiger partial charge on any atom is -0.438 e. The van der Waals surface area contributed by atoms with E-state index in [0.29, 0.717) is 17.0 Å². The molecule has 0 saturated carbocycles. The number of rotatable bonds is 6. The lowest BCUT2D eigenvalue weighted by Gasteiger charge is -2.11. The summed E-state index contributed by atoms with van der Waals surface area (Å²) in [5, 5.41) is 19.0. The number of hydrogen-bond acceptors (Lipinski definition) is 7. The van der Waals surface area contributed by atoms with Crippen molar-refractivity contribution in [1.29, 1.82) is 5.26 Å². The number of benzene rings is 1. The van der Waals surface area contributed by atoms with E-state index in [0.717, 1.165) is 21.8 Å². The number of carbonyl (C=O) groups excluding carboxylic acids is 1. The number of amides is 1. The summed E-state index contributed by atoms with van der Waals surface area (Å²) >= 11 is 3.16. The van der Waals surface area contributed by atoms with E-state index in [4.69, 9.17) is 10.00 Å². The number of nitriles is 1. The Bertz CT molecular complexity index is 1230. The van der Waals surface area contributed by atoms with Gasteiger partial charge in [0.15, 0.2) is 0 Å². The Morgan fingerprint density at radius 1 is 1.27 bits per heavy atom. The number of aromatic nitrogens is 2. The Kier molecular flexibility index (Phi) is 5.84. The van der Waals surface area contributed by atoms with Crippen molar-refractivity contribution < 1.29 is 9.53 Å². The molecule has 1 N–H and O–H groups in total. The van der Waals surface area contributed by atoms with Crippen molar-refractivity contribution in [1.82, 2.24) is 9.97 Å². The van der Waals surface area contributed by atoms with E-state index in [9.17, 15) is 4.79 Å². The van der Waals surface area contributed by atoms with Crippen molar-refractivity contribution >= 4 is 34.3 Å². The lowest BCUT2D eigenvalue weighted by atomic mass is 10.2. The molecule has 8 heteroatoms. The van der Waals surface area contributed by atoms with E-state index < -0.39 is 0 Å². The minimum absolute atomic E-state index is 0.134. The highest BCUT2D eigenvalue weighted by Crippen LogP contribution is 2.28. The van der Waals surface area contributed by atoms with Crippen molar-refractivity contribution in [3.05, 3.63) is 75.6 Å². The molecule has 0 radical (unpaired) electrons. The van der Waals surface area contributed by atoms with Crippen LogP contribution in [0.4, 0.5) is 5.69 Å². The average molecular weight is 433 g/mol. The van der Waals surface area contributed by atoms with Crippen LogP contribution in [0.5, 0.6) is 11.6 Å². The Hall–Kier alpha value is -3.54. The second-order valence-corrected chi connectivity index (χ2v) is 8.07. The molecule has 3 aromatic heterocycles. The molecule has 30 heavy (non-hydrogen) atoms. The summed E-state index contributed by atoms with van der Waals surface area (Å²) in [6, 6.07) is 12.7. The highest BCUT2D eigenvalue weighted by molar-refractivity contribution is 7.14. The number of carbonyl (C=O) groups is 1. The zero-order valence-electron chi connectivity index (χ0n) is 16.0. The van der Waals surface area contributed by atoms with Gasteiger partial charge in [0.05, 0.1) is 12.1 Å². The summed E-state index contributed by atoms with van der Waals surface area (Å²) in [7, 11) is 0. The molecule has 0 atom stereocenters. The van der Waals surface area contributed by atoms with Crippen LogP contribution in [-0.4, -0.2) is 15.9 Å². The molecule has 0 fully saturated rings. The molecule has 0 aliphatic rings. The Balaban J connectivity index is 1.41. The number of ether oxygens (including phenoxy) is 1. The fraction of sp³-hybridized carbons (Fsp3) is 0.0909. The van der Waals surface area contributed by atoms with E-state index in [1.807, 2.05) is 29.1 Å². The van der Waals surface area contributed by atoms with Crippen molar-refractivity contribution in [3.8, 4) is 28.3 Å². The van der Waals surface area contributed by atoms with Gasteiger partial charge in [0.25, 0.3) is 0 Å². The summed E-state index contributed by atoms with van der Waals surface area (Å²) in [6.45, 7) is 1.88. The zero-order chi connectivity index (χ0) is 20.9. The highest BCUT2D eigenvalue weighted by Gasteiger charge is 2.12. The molecule has 1 amide bonds. The highest BCUT2D eigenvalue weighted by atomic mass is 32.1. The van der Waals surface area contributed by atoms with Crippen LogP contribution in [0.25, 0.3) is 10.6 Å². The first-order chi connectivity index (χ1) is 14.6. The topological polar surface area (TPSA) is 87.9 Å². The van der Waals surface area contributed by atoms with E-state index >= 15 is 0 Å². The molecule has 0 bridgehead atoms. The Morgan fingerprint density at radius 3 is 2.93 bits per heavy atom. The summed E-state index contributed by atoms with van der Waals surface area (Å²) in [4.78, 5) is 21.1. The standard InChI is InChI=1S/C22H16N4O2S2/c1-14-9-18(28-21-15(11-23)3-2-7-24-21)4-5-19(14)26-20(27)10-17-13-30-22(25-17)16-6-8-29-12-16/h2-9,12-13H,10H2,1H3,(H,26,27). The third-order valence-corrected chi connectivity index (χ3v) is 5.86. The Labute approximate surface area is 181 Å². The molecule has 4 rings (SSSR count). The largest absolute Gasteiger partial charge is 0.438 e. The van der Waals surface area contributed by atoms with E-state index in [1.54, 1.807) is 47.9 Å². The number of nitrogens with zero attached hydrogens (tertiary/aromatic N) is 3. The number of thiazole rings is 1. The van der Waals surface area contributed by atoms with E-state index in [1.165, 1.54) is 11.3 Å². The molecule has 6 nitrogen and oxygen atoms in total. The number of hydrogen-bond donors (Lipinski definition) is 1. The second kappa shape index (κ2) is 8.86. The van der Waals surface area contributed by atoms with Gasteiger partial charge >= 0.3 is 0 Å².